The second-order valence-corrected chi connectivity index (χ2v) is 11.5. The van der Waals surface area contributed by atoms with Gasteiger partial charge in [0.1, 0.15) is 6.10 Å². The summed E-state index contributed by atoms with van der Waals surface area (Å²) >= 11 is 0. The summed E-state index contributed by atoms with van der Waals surface area (Å²) in [7, 11) is 1.87. The third kappa shape index (κ3) is 3.21. The maximum atomic E-state index is 13.3. The van der Waals surface area contributed by atoms with Crippen LogP contribution in [-0.2, 0) is 23.1 Å². The van der Waals surface area contributed by atoms with Gasteiger partial charge in [0.25, 0.3) is 0 Å². The monoisotopic (exact) mass is 514 g/mol. The van der Waals surface area contributed by atoms with Crippen LogP contribution in [0.4, 0.5) is 0 Å². The average Bonchev–Trinajstić information content (AvgIpc) is 3.36. The number of likely N-dealkylation sites (N-methyl/N-ethyl adjacent to an activating group) is 1. The number of carbonyl (C=O) groups is 1. The van der Waals surface area contributed by atoms with Crippen molar-refractivity contribution in [3.63, 3.8) is 0 Å². The van der Waals surface area contributed by atoms with Crippen LogP contribution >= 0.6 is 12.4 Å². The van der Waals surface area contributed by atoms with Crippen molar-refractivity contribution in [3.8, 4) is 11.5 Å². The van der Waals surface area contributed by atoms with E-state index in [0.29, 0.717) is 31.4 Å². The number of halogens is 1. The van der Waals surface area contributed by atoms with Crippen molar-refractivity contribution in [2.75, 3.05) is 20.1 Å². The summed E-state index contributed by atoms with van der Waals surface area (Å²) in [5.74, 6) is 1.50. The van der Waals surface area contributed by atoms with Gasteiger partial charge in [-0.1, -0.05) is 6.07 Å². The number of amides is 1. The van der Waals surface area contributed by atoms with Crippen LogP contribution in [0.2, 0.25) is 0 Å². The number of hydrogen-bond donors (Lipinski definition) is 2. The van der Waals surface area contributed by atoms with E-state index in [9.17, 15) is 15.0 Å². The summed E-state index contributed by atoms with van der Waals surface area (Å²) in [6, 6.07) is 5.56. The molecule has 5 atom stereocenters. The zero-order valence-corrected chi connectivity index (χ0v) is 21.5. The van der Waals surface area contributed by atoms with Crippen LogP contribution in [0.15, 0.2) is 35.1 Å². The lowest BCUT2D eigenvalue weighted by atomic mass is 9.48. The van der Waals surface area contributed by atoms with Crippen LogP contribution in [0.25, 0.3) is 0 Å². The number of phenolic OH excluding ortho intramolecular Hbond substituents is 1. The molecule has 2 bridgehead atoms. The van der Waals surface area contributed by atoms with E-state index in [1.165, 1.54) is 18.4 Å². The molecule has 7 nitrogen and oxygen atoms in total. The Morgan fingerprint density at radius 1 is 1.22 bits per heavy atom. The van der Waals surface area contributed by atoms with Gasteiger partial charge in [-0.15, -0.1) is 12.4 Å². The minimum absolute atomic E-state index is 0. The molecule has 1 spiro atoms. The van der Waals surface area contributed by atoms with Crippen molar-refractivity contribution < 1.29 is 24.2 Å². The van der Waals surface area contributed by atoms with Crippen molar-refractivity contribution in [2.24, 2.45) is 5.92 Å². The third-order valence-electron chi connectivity index (χ3n) is 9.83. The molecule has 7 rings (SSSR count). The second kappa shape index (κ2) is 8.40. The highest BCUT2D eigenvalue weighted by Crippen LogP contribution is 2.66. The first-order chi connectivity index (χ1) is 16.9. The summed E-state index contributed by atoms with van der Waals surface area (Å²) in [6.45, 7) is 1.98. The number of aliphatic hydroxyl groups is 1. The molecule has 5 aliphatic rings. The van der Waals surface area contributed by atoms with Crippen LogP contribution in [0, 0.1) is 5.92 Å². The lowest BCUT2D eigenvalue weighted by molar-refractivity contribution is -0.200. The third-order valence-corrected chi connectivity index (χ3v) is 9.83. The first-order valence-electron chi connectivity index (χ1n) is 13.2. The van der Waals surface area contributed by atoms with Crippen molar-refractivity contribution in [1.29, 1.82) is 0 Å². The number of carbonyl (C=O) groups excluding carboxylic acids is 1. The summed E-state index contributed by atoms with van der Waals surface area (Å²) in [5.41, 5.74) is 1.69. The molecule has 36 heavy (non-hydrogen) atoms. The number of furan rings is 1. The minimum atomic E-state index is -0.923. The molecule has 1 saturated heterocycles. The van der Waals surface area contributed by atoms with Gasteiger partial charge in [-0.3, -0.25) is 9.69 Å². The predicted octanol–water partition coefficient (Wildman–Crippen LogP) is 3.43. The first-order valence-corrected chi connectivity index (χ1v) is 13.2. The molecule has 1 aromatic heterocycles. The second-order valence-electron chi connectivity index (χ2n) is 11.5. The van der Waals surface area contributed by atoms with Gasteiger partial charge in [0.15, 0.2) is 11.5 Å². The molecule has 2 aromatic rings. The molecular weight excluding hydrogens is 480 g/mol. The maximum Gasteiger partial charge on any atom is 0.223 e. The molecule has 3 heterocycles. The number of aryl methyl sites for hydroxylation is 1. The number of phenols is 1. The van der Waals surface area contributed by atoms with Crippen LogP contribution in [-0.4, -0.2) is 69.8 Å². The predicted molar refractivity (Wildman–Crippen MR) is 136 cm³/mol. The number of benzene rings is 1. The highest BCUT2D eigenvalue weighted by atomic mass is 35.5. The number of nitrogens with zero attached hydrogens (tertiary/aromatic N) is 2. The van der Waals surface area contributed by atoms with Gasteiger partial charge in [0.05, 0.1) is 29.6 Å². The van der Waals surface area contributed by atoms with E-state index in [-0.39, 0.29) is 42.3 Å². The number of aromatic hydroxyl groups is 1. The molecule has 2 aliphatic heterocycles. The Hall–Kier alpha value is -2.22. The molecule has 1 amide bonds. The van der Waals surface area contributed by atoms with E-state index in [1.54, 1.807) is 18.6 Å². The van der Waals surface area contributed by atoms with Gasteiger partial charge < -0.3 is 24.3 Å². The summed E-state index contributed by atoms with van der Waals surface area (Å²) in [4.78, 5) is 17.7. The van der Waals surface area contributed by atoms with Crippen LogP contribution in [0.5, 0.6) is 11.5 Å². The molecule has 2 saturated carbocycles. The van der Waals surface area contributed by atoms with Crippen molar-refractivity contribution in [3.05, 3.63) is 47.4 Å². The highest BCUT2D eigenvalue weighted by Gasteiger charge is 2.73. The Morgan fingerprint density at radius 3 is 2.81 bits per heavy atom. The van der Waals surface area contributed by atoms with Crippen LogP contribution in [0.1, 0.15) is 55.2 Å². The summed E-state index contributed by atoms with van der Waals surface area (Å²) < 4.78 is 11.7. The van der Waals surface area contributed by atoms with Gasteiger partial charge in [-0.25, -0.2) is 0 Å². The number of rotatable bonds is 6. The molecule has 3 fully saturated rings. The Morgan fingerprint density at radius 2 is 2.06 bits per heavy atom. The fraction of sp³-hybridized carbons (Fsp3) is 0.607. The molecular formula is C28H35ClN2O5. The fourth-order valence-corrected chi connectivity index (χ4v) is 7.90. The van der Waals surface area contributed by atoms with E-state index in [4.69, 9.17) is 9.15 Å². The van der Waals surface area contributed by atoms with Gasteiger partial charge in [-0.05, 0) is 80.7 Å². The Kier molecular flexibility index (Phi) is 5.63. The SMILES string of the molecule is CN(C(=O)CCc1ccoc1)[C@@H]1CC[C@@]2(O)[C@H]3Cc4ccc(O)c5c4[C@@]2(CCN3CC2CC2)[C@H]1O5.Cl. The zero-order chi connectivity index (χ0) is 23.9. The van der Waals surface area contributed by atoms with Gasteiger partial charge in [0.2, 0.25) is 5.91 Å². The Bertz CT molecular complexity index is 1170. The summed E-state index contributed by atoms with van der Waals surface area (Å²) in [5, 5.41) is 23.3. The maximum absolute atomic E-state index is 13.3. The van der Waals surface area contributed by atoms with Gasteiger partial charge in [0, 0.05) is 31.6 Å². The quantitative estimate of drug-likeness (QED) is 0.614. The molecule has 0 radical (unpaired) electrons. The Balaban J connectivity index is 0.00000240. The molecule has 3 aliphatic carbocycles. The normalized spacial score (nSPS) is 33.9. The van der Waals surface area contributed by atoms with E-state index in [2.05, 4.69) is 4.90 Å². The molecule has 0 unspecified atom stereocenters. The van der Waals surface area contributed by atoms with E-state index in [0.717, 1.165) is 43.0 Å². The van der Waals surface area contributed by atoms with Gasteiger partial charge >= 0.3 is 0 Å². The first kappa shape index (κ1) is 24.1. The standard InChI is InChI=1S/C28H34N2O5.ClH/c1-29(23(32)7-4-18-9-13-34-16-18)20-8-10-28(33)22-14-19-5-6-21(31)25-24(19)27(28,26(20)35-25)11-12-30(22)15-17-2-3-17;/h5-6,9,13,16-17,20,22,26,31,33H,2-4,7-8,10-12,14-15H2,1H3;1H/t20-,22-,26+,27+,28-;/m1./s1. The number of ether oxygens (including phenoxy) is 1. The highest BCUT2D eigenvalue weighted by molar-refractivity contribution is 5.85. The topological polar surface area (TPSA) is 86.4 Å². The van der Waals surface area contributed by atoms with Crippen molar-refractivity contribution >= 4 is 18.3 Å². The molecule has 2 N–H and O–H groups in total. The Labute approximate surface area is 217 Å². The van der Waals surface area contributed by atoms with E-state index >= 15 is 0 Å². The van der Waals surface area contributed by atoms with Crippen LogP contribution in [0.3, 0.4) is 0 Å². The lowest BCUT2D eigenvalue weighted by Gasteiger charge is -2.64. The van der Waals surface area contributed by atoms with Gasteiger partial charge in [-0.2, -0.15) is 0 Å². The number of piperidine rings is 1. The van der Waals surface area contributed by atoms with Crippen molar-refractivity contribution in [1.82, 2.24) is 9.80 Å². The number of hydrogen-bond acceptors (Lipinski definition) is 6. The lowest BCUT2D eigenvalue weighted by Crippen LogP contribution is -2.78. The largest absolute Gasteiger partial charge is 0.504 e. The molecule has 194 valence electrons. The van der Waals surface area contributed by atoms with E-state index in [1.807, 2.05) is 24.1 Å². The molecule has 8 heteroatoms. The fourth-order valence-electron chi connectivity index (χ4n) is 7.90. The van der Waals surface area contributed by atoms with Crippen molar-refractivity contribution in [2.45, 2.75) is 80.6 Å². The average molecular weight is 515 g/mol. The minimum Gasteiger partial charge on any atom is -0.504 e. The number of likely N-dealkylation sites (tertiary alicyclic amines) is 1. The molecule has 1 aromatic carbocycles. The zero-order valence-electron chi connectivity index (χ0n) is 20.7. The smallest absolute Gasteiger partial charge is 0.223 e. The van der Waals surface area contributed by atoms with E-state index < -0.39 is 11.0 Å². The summed E-state index contributed by atoms with van der Waals surface area (Å²) in [6.07, 6.45) is 9.47. The van der Waals surface area contributed by atoms with Crippen LogP contribution < -0.4 is 4.74 Å².